The van der Waals surface area contributed by atoms with Gasteiger partial charge in [0.25, 0.3) is 11.5 Å². The molecule has 152 valence electrons. The Kier molecular flexibility index (Phi) is 4.87. The van der Waals surface area contributed by atoms with Crippen LogP contribution in [0.25, 0.3) is 15.9 Å². The van der Waals surface area contributed by atoms with Gasteiger partial charge in [0.1, 0.15) is 4.83 Å². The maximum absolute atomic E-state index is 13.2. The van der Waals surface area contributed by atoms with Crippen LogP contribution >= 0.6 is 11.3 Å². The molecule has 0 aliphatic heterocycles. The molecule has 5 nitrogen and oxygen atoms in total. The standard InChI is InChI=1S/C24H23N3O2S/c1-15-6-4-7-16(14-15)11-12-25-22(28)18-9-5-13-27-21(18)26-23-20(24(27)29)17-8-2-3-10-19(17)30-23/h4-7,9,13-14H,2-3,8,10-12H2,1H3,(H,25,28). The second-order valence-corrected chi connectivity index (χ2v) is 9.00. The van der Waals surface area contributed by atoms with Crippen LogP contribution in [0.15, 0.2) is 47.4 Å². The van der Waals surface area contributed by atoms with Crippen molar-refractivity contribution in [2.75, 3.05) is 6.54 Å². The summed E-state index contributed by atoms with van der Waals surface area (Å²) in [6, 6.07) is 11.8. The number of amides is 1. The summed E-state index contributed by atoms with van der Waals surface area (Å²) in [4.78, 5) is 32.9. The van der Waals surface area contributed by atoms with E-state index in [4.69, 9.17) is 4.98 Å². The van der Waals surface area contributed by atoms with Gasteiger partial charge in [-0.3, -0.25) is 14.0 Å². The number of aryl methyl sites for hydroxylation is 3. The van der Waals surface area contributed by atoms with E-state index < -0.39 is 0 Å². The van der Waals surface area contributed by atoms with Gasteiger partial charge >= 0.3 is 0 Å². The number of aromatic nitrogens is 2. The molecule has 0 saturated heterocycles. The summed E-state index contributed by atoms with van der Waals surface area (Å²) in [6.45, 7) is 2.59. The smallest absolute Gasteiger partial charge is 0.266 e. The zero-order valence-electron chi connectivity index (χ0n) is 16.9. The summed E-state index contributed by atoms with van der Waals surface area (Å²) in [5.41, 5.74) is 4.37. The number of nitrogens with one attached hydrogen (secondary N) is 1. The van der Waals surface area contributed by atoms with Crippen molar-refractivity contribution in [3.05, 3.63) is 80.1 Å². The summed E-state index contributed by atoms with van der Waals surface area (Å²) >= 11 is 1.61. The molecule has 4 aromatic rings. The first-order chi connectivity index (χ1) is 14.6. The van der Waals surface area contributed by atoms with Crippen LogP contribution in [-0.2, 0) is 19.3 Å². The van der Waals surface area contributed by atoms with Gasteiger partial charge in [0, 0.05) is 17.6 Å². The molecule has 1 amide bonds. The second-order valence-electron chi connectivity index (χ2n) is 7.92. The van der Waals surface area contributed by atoms with Gasteiger partial charge in [-0.1, -0.05) is 29.8 Å². The fraction of sp³-hybridized carbons (Fsp3) is 0.292. The molecule has 0 atom stereocenters. The van der Waals surface area contributed by atoms with E-state index in [9.17, 15) is 9.59 Å². The fourth-order valence-electron chi connectivity index (χ4n) is 4.31. The van der Waals surface area contributed by atoms with E-state index in [-0.39, 0.29) is 11.5 Å². The topological polar surface area (TPSA) is 63.5 Å². The number of benzene rings is 1. The molecule has 1 aliphatic rings. The number of carbonyl (C=O) groups is 1. The lowest BCUT2D eigenvalue weighted by atomic mass is 9.97. The van der Waals surface area contributed by atoms with Crippen LogP contribution in [0.4, 0.5) is 0 Å². The van der Waals surface area contributed by atoms with Crippen molar-refractivity contribution in [3.8, 4) is 0 Å². The molecule has 0 unspecified atom stereocenters. The van der Waals surface area contributed by atoms with Crippen LogP contribution in [-0.4, -0.2) is 21.8 Å². The molecule has 3 aromatic heterocycles. The van der Waals surface area contributed by atoms with E-state index >= 15 is 0 Å². The Morgan fingerprint density at radius 1 is 1.20 bits per heavy atom. The van der Waals surface area contributed by atoms with Crippen LogP contribution < -0.4 is 10.9 Å². The van der Waals surface area contributed by atoms with Gasteiger partial charge in [-0.15, -0.1) is 11.3 Å². The van der Waals surface area contributed by atoms with Crippen LogP contribution in [0.2, 0.25) is 0 Å². The fourth-order valence-corrected chi connectivity index (χ4v) is 5.56. The Morgan fingerprint density at radius 2 is 2.07 bits per heavy atom. The maximum Gasteiger partial charge on any atom is 0.266 e. The lowest BCUT2D eigenvalue weighted by Gasteiger charge is -2.11. The minimum absolute atomic E-state index is 0.0659. The van der Waals surface area contributed by atoms with E-state index in [1.165, 1.54) is 26.0 Å². The highest BCUT2D eigenvalue weighted by molar-refractivity contribution is 7.18. The molecule has 6 heteroatoms. The predicted octanol–water partition coefficient (Wildman–Crippen LogP) is 4.07. The molecule has 3 heterocycles. The van der Waals surface area contributed by atoms with Crippen molar-refractivity contribution in [1.82, 2.24) is 14.7 Å². The van der Waals surface area contributed by atoms with Crippen molar-refractivity contribution in [3.63, 3.8) is 0 Å². The number of nitrogens with zero attached hydrogens (tertiary/aromatic N) is 2. The second kappa shape index (κ2) is 7.69. The molecular formula is C24H23N3O2S. The molecule has 0 spiro atoms. The average Bonchev–Trinajstić information content (AvgIpc) is 3.12. The Balaban J connectivity index is 1.47. The minimum atomic E-state index is -0.201. The van der Waals surface area contributed by atoms with E-state index in [1.54, 1.807) is 29.7 Å². The Hall–Kier alpha value is -2.99. The van der Waals surface area contributed by atoms with Gasteiger partial charge in [0.15, 0.2) is 5.65 Å². The molecule has 0 bridgehead atoms. The van der Waals surface area contributed by atoms with Gasteiger partial charge in [-0.25, -0.2) is 4.98 Å². The van der Waals surface area contributed by atoms with E-state index in [0.717, 1.165) is 42.3 Å². The highest BCUT2D eigenvalue weighted by Crippen LogP contribution is 2.34. The van der Waals surface area contributed by atoms with Crippen molar-refractivity contribution >= 4 is 33.1 Å². The SMILES string of the molecule is Cc1cccc(CCNC(=O)c2cccn3c(=O)c4c5c(sc4nc23)CCCC5)c1. The summed E-state index contributed by atoms with van der Waals surface area (Å²) in [6.07, 6.45) is 6.70. The monoisotopic (exact) mass is 417 g/mol. The molecule has 0 fully saturated rings. The van der Waals surface area contributed by atoms with Gasteiger partial charge in [0.05, 0.1) is 10.9 Å². The van der Waals surface area contributed by atoms with Gasteiger partial charge in [-0.2, -0.15) is 0 Å². The summed E-state index contributed by atoms with van der Waals surface area (Å²) < 4.78 is 1.53. The average molecular weight is 418 g/mol. The van der Waals surface area contributed by atoms with Crippen molar-refractivity contribution in [2.24, 2.45) is 0 Å². The van der Waals surface area contributed by atoms with Gasteiger partial charge in [0.2, 0.25) is 0 Å². The van der Waals surface area contributed by atoms with Gasteiger partial charge in [-0.05, 0) is 62.3 Å². The van der Waals surface area contributed by atoms with E-state index in [0.29, 0.717) is 17.8 Å². The Labute approximate surface area is 178 Å². The minimum Gasteiger partial charge on any atom is -0.352 e. The molecular weight excluding hydrogens is 394 g/mol. The molecule has 30 heavy (non-hydrogen) atoms. The number of thiophene rings is 1. The predicted molar refractivity (Wildman–Crippen MR) is 121 cm³/mol. The molecule has 1 N–H and O–H groups in total. The first kappa shape index (κ1) is 19.0. The van der Waals surface area contributed by atoms with Crippen molar-refractivity contribution in [1.29, 1.82) is 0 Å². The maximum atomic E-state index is 13.2. The zero-order chi connectivity index (χ0) is 20.7. The summed E-state index contributed by atoms with van der Waals surface area (Å²) in [7, 11) is 0. The third-order valence-electron chi connectivity index (χ3n) is 5.79. The van der Waals surface area contributed by atoms with Crippen LogP contribution in [0, 0.1) is 6.92 Å². The molecule has 5 rings (SSSR count). The normalized spacial score (nSPS) is 13.5. The first-order valence-corrected chi connectivity index (χ1v) is 11.2. The van der Waals surface area contributed by atoms with Crippen LogP contribution in [0.3, 0.4) is 0 Å². The number of fused-ring (bicyclic) bond motifs is 4. The van der Waals surface area contributed by atoms with E-state index in [2.05, 4.69) is 30.4 Å². The van der Waals surface area contributed by atoms with Gasteiger partial charge < -0.3 is 5.32 Å². The number of carbonyl (C=O) groups excluding carboxylic acids is 1. The largest absolute Gasteiger partial charge is 0.352 e. The molecule has 0 radical (unpaired) electrons. The number of hydrogen-bond donors (Lipinski definition) is 1. The number of rotatable bonds is 4. The highest BCUT2D eigenvalue weighted by atomic mass is 32.1. The first-order valence-electron chi connectivity index (χ1n) is 10.4. The molecule has 1 aliphatic carbocycles. The lowest BCUT2D eigenvalue weighted by Crippen LogP contribution is -2.27. The third-order valence-corrected chi connectivity index (χ3v) is 6.97. The summed E-state index contributed by atoms with van der Waals surface area (Å²) in [5, 5.41) is 3.72. The third kappa shape index (κ3) is 3.31. The lowest BCUT2D eigenvalue weighted by molar-refractivity contribution is 0.0955. The van der Waals surface area contributed by atoms with E-state index in [1.807, 2.05) is 6.07 Å². The molecule has 1 aromatic carbocycles. The quantitative estimate of drug-likeness (QED) is 0.544. The molecule has 0 saturated carbocycles. The van der Waals surface area contributed by atoms with Crippen LogP contribution in [0.5, 0.6) is 0 Å². The Morgan fingerprint density at radius 3 is 2.93 bits per heavy atom. The van der Waals surface area contributed by atoms with Crippen LogP contribution in [0.1, 0.15) is 44.8 Å². The summed E-state index contributed by atoms with van der Waals surface area (Å²) in [5.74, 6) is -0.201. The zero-order valence-corrected chi connectivity index (χ0v) is 17.7. The Bertz CT molecular complexity index is 1340. The number of hydrogen-bond acceptors (Lipinski definition) is 4. The highest BCUT2D eigenvalue weighted by Gasteiger charge is 2.22. The number of pyridine rings is 1. The van der Waals surface area contributed by atoms with Crippen molar-refractivity contribution in [2.45, 2.75) is 39.0 Å². The van der Waals surface area contributed by atoms with Crippen molar-refractivity contribution < 1.29 is 4.79 Å².